The van der Waals surface area contributed by atoms with Crippen LogP contribution in [0.5, 0.6) is 5.75 Å². The van der Waals surface area contributed by atoms with E-state index in [0.717, 1.165) is 18.4 Å². The van der Waals surface area contributed by atoms with Crippen molar-refractivity contribution in [2.75, 3.05) is 18.1 Å². The first kappa shape index (κ1) is 23.3. The van der Waals surface area contributed by atoms with Crippen molar-refractivity contribution in [2.45, 2.75) is 36.0 Å². The van der Waals surface area contributed by atoms with Gasteiger partial charge in [0.1, 0.15) is 5.75 Å². The number of ether oxygens (including phenoxy) is 1. The van der Waals surface area contributed by atoms with Crippen molar-refractivity contribution >= 4 is 27.6 Å². The minimum atomic E-state index is -4.00. The summed E-state index contributed by atoms with van der Waals surface area (Å²) in [6.07, 6.45) is 1.88. The van der Waals surface area contributed by atoms with E-state index in [1.807, 2.05) is 37.3 Å². The Bertz CT molecular complexity index is 881. The molecule has 0 fully saturated rings. The molecule has 1 unspecified atom stereocenters. The van der Waals surface area contributed by atoms with Crippen LogP contribution in [0.3, 0.4) is 0 Å². The minimum absolute atomic E-state index is 0.0481. The largest absolute Gasteiger partial charge is 0.494 e. The summed E-state index contributed by atoms with van der Waals surface area (Å²) in [7, 11) is -4.00. The number of aliphatic carboxylic acids is 1. The number of aliphatic hydroxyl groups is 1. The molecule has 2 aromatic rings. The van der Waals surface area contributed by atoms with Gasteiger partial charge in [-0.15, -0.1) is 0 Å². The van der Waals surface area contributed by atoms with E-state index < -0.39 is 27.2 Å². The summed E-state index contributed by atoms with van der Waals surface area (Å²) in [6.45, 7) is 2.58. The normalized spacial score (nSPS) is 13.6. The van der Waals surface area contributed by atoms with Crippen LogP contribution in [0.25, 0.3) is 0 Å². The quantitative estimate of drug-likeness (QED) is 0.490. The molecular weight excluding hydrogens is 412 g/mol. The van der Waals surface area contributed by atoms with E-state index in [9.17, 15) is 23.4 Å². The van der Waals surface area contributed by atoms with Gasteiger partial charge in [0.05, 0.1) is 17.3 Å². The van der Waals surface area contributed by atoms with Crippen molar-refractivity contribution in [1.29, 1.82) is 0 Å². The molecule has 8 heteroatoms. The highest BCUT2D eigenvalue weighted by molar-refractivity contribution is 7.98. The van der Waals surface area contributed by atoms with Gasteiger partial charge in [-0.1, -0.05) is 43.7 Å². The topological polar surface area (TPSA) is 101 Å². The molecule has 0 bridgehead atoms. The van der Waals surface area contributed by atoms with Gasteiger partial charge in [0, 0.05) is 11.5 Å². The van der Waals surface area contributed by atoms with Gasteiger partial charge in [0.25, 0.3) is 0 Å². The number of sulfone groups is 1. The average Bonchev–Trinajstić information content (AvgIpc) is 2.69. The molecule has 0 heterocycles. The highest BCUT2D eigenvalue weighted by Crippen LogP contribution is 2.24. The third kappa shape index (κ3) is 7.06. The van der Waals surface area contributed by atoms with Crippen molar-refractivity contribution in [1.82, 2.24) is 0 Å². The standard InChI is InChI=1S/C21H26O6S2/c1-2-3-13-27-18-9-11-19(12-10-18)29(25,26)16-21(24,20(22)23)15-28-14-17-7-5-4-6-8-17/h4-12,24H,2-3,13-16H2,1H3,(H,22,23). The lowest BCUT2D eigenvalue weighted by Gasteiger charge is -2.23. The molecule has 0 aliphatic rings. The van der Waals surface area contributed by atoms with Crippen LogP contribution in [0.1, 0.15) is 25.3 Å². The molecule has 0 saturated heterocycles. The Kier molecular flexibility index (Phi) is 8.55. The summed E-state index contributed by atoms with van der Waals surface area (Å²) in [6, 6.07) is 15.2. The number of carboxylic acid groups (broad SMARTS) is 1. The third-order valence-electron chi connectivity index (χ3n) is 4.23. The van der Waals surface area contributed by atoms with Crippen LogP contribution in [-0.2, 0) is 20.4 Å². The molecule has 0 amide bonds. The molecule has 0 aromatic heterocycles. The molecule has 2 aromatic carbocycles. The summed E-state index contributed by atoms with van der Waals surface area (Å²) in [5, 5.41) is 20.0. The van der Waals surface area contributed by atoms with E-state index >= 15 is 0 Å². The number of hydrogen-bond donors (Lipinski definition) is 2. The van der Waals surface area contributed by atoms with Gasteiger partial charge in [-0.3, -0.25) is 0 Å². The van der Waals surface area contributed by atoms with Crippen LogP contribution in [0.2, 0.25) is 0 Å². The van der Waals surface area contributed by atoms with Gasteiger partial charge in [-0.25, -0.2) is 13.2 Å². The summed E-state index contributed by atoms with van der Waals surface area (Å²) in [4.78, 5) is 11.6. The van der Waals surface area contributed by atoms with Crippen molar-refractivity contribution in [3.8, 4) is 5.75 Å². The number of unbranched alkanes of at least 4 members (excludes halogenated alkanes) is 1. The first-order valence-corrected chi connectivity index (χ1v) is 12.1. The third-order valence-corrected chi connectivity index (χ3v) is 7.30. The Morgan fingerprint density at radius 2 is 1.76 bits per heavy atom. The Balaban J connectivity index is 2.04. The fourth-order valence-electron chi connectivity index (χ4n) is 2.55. The lowest BCUT2D eigenvalue weighted by molar-refractivity contribution is -0.153. The predicted octanol–water partition coefficient (Wildman–Crippen LogP) is 3.39. The Labute approximate surface area is 175 Å². The lowest BCUT2D eigenvalue weighted by Crippen LogP contribution is -2.47. The first-order chi connectivity index (χ1) is 13.8. The van der Waals surface area contributed by atoms with Gasteiger partial charge in [-0.2, -0.15) is 11.8 Å². The van der Waals surface area contributed by atoms with Crippen LogP contribution in [0.4, 0.5) is 0 Å². The lowest BCUT2D eigenvalue weighted by atomic mass is 10.1. The molecule has 1 atom stereocenters. The second-order valence-electron chi connectivity index (χ2n) is 6.75. The van der Waals surface area contributed by atoms with E-state index in [0.29, 0.717) is 18.1 Å². The molecule has 2 N–H and O–H groups in total. The van der Waals surface area contributed by atoms with Crippen LogP contribution in [0.15, 0.2) is 59.5 Å². The molecule has 0 aliphatic heterocycles. The number of hydrogen-bond acceptors (Lipinski definition) is 6. The van der Waals surface area contributed by atoms with Gasteiger partial charge >= 0.3 is 5.97 Å². The molecule has 6 nitrogen and oxygen atoms in total. The zero-order chi connectivity index (χ0) is 21.3. The van der Waals surface area contributed by atoms with Crippen molar-refractivity contribution in [3.63, 3.8) is 0 Å². The molecule has 29 heavy (non-hydrogen) atoms. The molecule has 0 radical (unpaired) electrons. The fourth-order valence-corrected chi connectivity index (χ4v) is 5.35. The van der Waals surface area contributed by atoms with Crippen LogP contribution >= 0.6 is 11.8 Å². The fraction of sp³-hybridized carbons (Fsp3) is 0.381. The number of carboxylic acids is 1. The molecular formula is C21H26O6S2. The van der Waals surface area contributed by atoms with Gasteiger partial charge in [-0.05, 0) is 36.2 Å². The maximum Gasteiger partial charge on any atom is 0.337 e. The highest BCUT2D eigenvalue weighted by atomic mass is 32.2. The number of benzene rings is 2. The second-order valence-corrected chi connectivity index (χ2v) is 9.72. The summed E-state index contributed by atoms with van der Waals surface area (Å²) in [5.74, 6) is -1.67. The summed E-state index contributed by atoms with van der Waals surface area (Å²) in [5.41, 5.74) is -1.42. The van der Waals surface area contributed by atoms with E-state index in [1.54, 1.807) is 0 Å². The molecule has 158 valence electrons. The monoisotopic (exact) mass is 438 g/mol. The second kappa shape index (κ2) is 10.7. The molecule has 0 aliphatic carbocycles. The maximum atomic E-state index is 12.7. The highest BCUT2D eigenvalue weighted by Gasteiger charge is 2.41. The zero-order valence-corrected chi connectivity index (χ0v) is 17.9. The van der Waals surface area contributed by atoms with E-state index in [1.165, 1.54) is 36.0 Å². The Morgan fingerprint density at radius 3 is 2.34 bits per heavy atom. The SMILES string of the molecule is CCCCOc1ccc(S(=O)(=O)CC(O)(CSCc2ccccc2)C(=O)O)cc1. The summed E-state index contributed by atoms with van der Waals surface area (Å²) < 4.78 is 30.9. The zero-order valence-electron chi connectivity index (χ0n) is 16.3. The summed E-state index contributed by atoms with van der Waals surface area (Å²) >= 11 is 1.18. The van der Waals surface area contributed by atoms with E-state index in [-0.39, 0.29) is 10.6 Å². The van der Waals surface area contributed by atoms with Gasteiger partial charge in [0.2, 0.25) is 0 Å². The van der Waals surface area contributed by atoms with E-state index in [4.69, 9.17) is 4.74 Å². The van der Waals surface area contributed by atoms with Crippen LogP contribution in [0, 0.1) is 0 Å². The molecule has 0 spiro atoms. The molecule has 0 saturated carbocycles. The van der Waals surface area contributed by atoms with E-state index in [2.05, 4.69) is 0 Å². The van der Waals surface area contributed by atoms with Crippen molar-refractivity contribution in [3.05, 3.63) is 60.2 Å². The number of thioether (sulfide) groups is 1. The average molecular weight is 439 g/mol. The number of rotatable bonds is 12. The van der Waals surface area contributed by atoms with Crippen molar-refractivity contribution in [2.24, 2.45) is 0 Å². The van der Waals surface area contributed by atoms with Crippen molar-refractivity contribution < 1.29 is 28.2 Å². The maximum absolute atomic E-state index is 12.7. The smallest absolute Gasteiger partial charge is 0.337 e. The minimum Gasteiger partial charge on any atom is -0.494 e. The van der Waals surface area contributed by atoms with Gasteiger partial charge < -0.3 is 14.9 Å². The Morgan fingerprint density at radius 1 is 1.10 bits per heavy atom. The first-order valence-electron chi connectivity index (χ1n) is 9.30. The van der Waals surface area contributed by atoms with Crippen LogP contribution < -0.4 is 4.74 Å². The van der Waals surface area contributed by atoms with Gasteiger partial charge in [0.15, 0.2) is 15.4 Å². The Hall–Kier alpha value is -2.03. The number of carbonyl (C=O) groups is 1. The predicted molar refractivity (Wildman–Crippen MR) is 114 cm³/mol. The van der Waals surface area contributed by atoms with Crippen LogP contribution in [-0.4, -0.2) is 48.3 Å². The molecule has 2 rings (SSSR count).